The maximum absolute atomic E-state index is 13.2. The molecule has 0 unspecified atom stereocenters. The molecule has 2 rings (SSSR count). The molecule has 0 aliphatic carbocycles. The second kappa shape index (κ2) is 4.39. The number of halogens is 3. The van der Waals surface area contributed by atoms with Crippen LogP contribution in [0.2, 0.25) is 0 Å². The van der Waals surface area contributed by atoms with Crippen LogP contribution in [0.15, 0.2) is 6.07 Å². The predicted molar refractivity (Wildman–Crippen MR) is 65.8 cm³/mol. The van der Waals surface area contributed by atoms with Crippen molar-refractivity contribution in [3.05, 3.63) is 11.8 Å². The number of nitrogens with one attached hydrogen (secondary N) is 1. The Bertz CT molecular complexity index is 531. The SMILES string of the molecule is CC(C)(C)[C@@H]1C[C@@H](C(F)(F)F)n2nc(C(=O)O)cc2N1. The first-order valence-corrected chi connectivity index (χ1v) is 6.16. The maximum atomic E-state index is 13.2. The molecule has 2 heterocycles. The lowest BCUT2D eigenvalue weighted by molar-refractivity contribution is -0.175. The molecule has 0 saturated carbocycles. The lowest BCUT2D eigenvalue weighted by atomic mass is 9.82. The highest BCUT2D eigenvalue weighted by Gasteiger charge is 2.48. The Hall–Kier alpha value is -1.73. The van der Waals surface area contributed by atoms with Gasteiger partial charge in [0.2, 0.25) is 0 Å². The molecule has 0 amide bonds. The molecule has 1 aliphatic heterocycles. The summed E-state index contributed by atoms with van der Waals surface area (Å²) >= 11 is 0. The number of anilines is 1. The quantitative estimate of drug-likeness (QED) is 0.835. The molecule has 0 bridgehead atoms. The summed E-state index contributed by atoms with van der Waals surface area (Å²) < 4.78 is 40.2. The van der Waals surface area contributed by atoms with Gasteiger partial charge in [-0.3, -0.25) is 0 Å². The van der Waals surface area contributed by atoms with Crippen molar-refractivity contribution in [3.63, 3.8) is 0 Å². The smallest absolute Gasteiger partial charge is 0.410 e. The zero-order valence-electron chi connectivity index (χ0n) is 11.3. The van der Waals surface area contributed by atoms with Crippen LogP contribution in [0.3, 0.4) is 0 Å². The highest BCUT2D eigenvalue weighted by molar-refractivity contribution is 5.86. The Labute approximate surface area is 113 Å². The summed E-state index contributed by atoms with van der Waals surface area (Å²) in [4.78, 5) is 10.9. The van der Waals surface area contributed by atoms with Crippen LogP contribution in [0.1, 0.15) is 43.7 Å². The summed E-state index contributed by atoms with van der Waals surface area (Å²) in [6.45, 7) is 5.51. The number of carboxylic acid groups (broad SMARTS) is 1. The Balaban J connectivity index is 2.47. The van der Waals surface area contributed by atoms with Crippen LogP contribution in [-0.2, 0) is 0 Å². The van der Waals surface area contributed by atoms with Gasteiger partial charge in [0.15, 0.2) is 11.7 Å². The van der Waals surface area contributed by atoms with Gasteiger partial charge in [-0.1, -0.05) is 20.8 Å². The number of hydrogen-bond donors (Lipinski definition) is 2. The fourth-order valence-corrected chi connectivity index (χ4v) is 2.25. The van der Waals surface area contributed by atoms with E-state index in [9.17, 15) is 18.0 Å². The minimum absolute atomic E-state index is 0.0934. The summed E-state index contributed by atoms with van der Waals surface area (Å²) in [7, 11) is 0. The molecular weight excluding hydrogens is 275 g/mol. The zero-order valence-corrected chi connectivity index (χ0v) is 11.3. The van der Waals surface area contributed by atoms with Crippen molar-refractivity contribution in [3.8, 4) is 0 Å². The van der Waals surface area contributed by atoms with Gasteiger partial charge in [-0.15, -0.1) is 0 Å². The van der Waals surface area contributed by atoms with Crippen molar-refractivity contribution in [2.75, 3.05) is 5.32 Å². The molecule has 20 heavy (non-hydrogen) atoms. The number of aromatic nitrogens is 2. The monoisotopic (exact) mass is 291 g/mol. The third-order valence-corrected chi connectivity index (χ3v) is 3.45. The fourth-order valence-electron chi connectivity index (χ4n) is 2.25. The number of rotatable bonds is 1. The van der Waals surface area contributed by atoms with Crippen molar-refractivity contribution in [1.29, 1.82) is 0 Å². The lowest BCUT2D eigenvalue weighted by Gasteiger charge is -2.39. The minimum Gasteiger partial charge on any atom is -0.476 e. The summed E-state index contributed by atoms with van der Waals surface area (Å²) in [5.74, 6) is -1.25. The summed E-state index contributed by atoms with van der Waals surface area (Å²) in [6.07, 6.45) is -4.65. The van der Waals surface area contributed by atoms with Crippen LogP contribution >= 0.6 is 0 Å². The number of alkyl halides is 3. The first-order valence-electron chi connectivity index (χ1n) is 6.16. The van der Waals surface area contributed by atoms with E-state index in [0.717, 1.165) is 10.7 Å². The number of carbonyl (C=O) groups is 1. The number of carboxylic acids is 1. The van der Waals surface area contributed by atoms with Crippen molar-refractivity contribution in [2.24, 2.45) is 5.41 Å². The number of hydrogen-bond acceptors (Lipinski definition) is 3. The predicted octanol–water partition coefficient (Wildman–Crippen LogP) is 2.92. The van der Waals surface area contributed by atoms with Gasteiger partial charge in [-0.2, -0.15) is 18.3 Å². The molecule has 0 fully saturated rings. The van der Waals surface area contributed by atoms with Gasteiger partial charge in [0, 0.05) is 12.1 Å². The van der Waals surface area contributed by atoms with Crippen LogP contribution in [0.25, 0.3) is 0 Å². The van der Waals surface area contributed by atoms with E-state index in [2.05, 4.69) is 10.4 Å². The van der Waals surface area contributed by atoms with E-state index >= 15 is 0 Å². The summed E-state index contributed by atoms with van der Waals surface area (Å²) in [6, 6.07) is -1.09. The molecule has 1 aromatic rings. The Morgan fingerprint density at radius 1 is 1.45 bits per heavy atom. The Morgan fingerprint density at radius 3 is 2.50 bits per heavy atom. The average Bonchev–Trinajstić information content (AvgIpc) is 2.68. The second-order valence-corrected chi connectivity index (χ2v) is 6.02. The molecule has 0 saturated heterocycles. The van der Waals surface area contributed by atoms with E-state index in [0.29, 0.717) is 0 Å². The second-order valence-electron chi connectivity index (χ2n) is 6.02. The van der Waals surface area contributed by atoms with E-state index in [1.54, 1.807) is 0 Å². The van der Waals surface area contributed by atoms with Crippen LogP contribution in [0, 0.1) is 5.41 Å². The topological polar surface area (TPSA) is 67.2 Å². The molecule has 5 nitrogen and oxygen atoms in total. The molecule has 8 heteroatoms. The van der Waals surface area contributed by atoms with Gasteiger partial charge in [-0.25, -0.2) is 9.48 Å². The first-order chi connectivity index (χ1) is 9.00. The van der Waals surface area contributed by atoms with Gasteiger partial charge >= 0.3 is 12.1 Å². The largest absolute Gasteiger partial charge is 0.476 e. The lowest BCUT2D eigenvalue weighted by Crippen LogP contribution is -2.44. The molecule has 112 valence electrons. The van der Waals surface area contributed by atoms with E-state index in [4.69, 9.17) is 5.11 Å². The van der Waals surface area contributed by atoms with E-state index < -0.39 is 29.9 Å². The van der Waals surface area contributed by atoms with Crippen LogP contribution in [-0.4, -0.2) is 33.1 Å². The molecule has 0 radical (unpaired) electrons. The van der Waals surface area contributed by atoms with Crippen LogP contribution in [0.5, 0.6) is 0 Å². The van der Waals surface area contributed by atoms with Gasteiger partial charge in [0.05, 0.1) is 0 Å². The van der Waals surface area contributed by atoms with Crippen molar-refractivity contribution in [1.82, 2.24) is 9.78 Å². The number of aromatic carboxylic acids is 1. The van der Waals surface area contributed by atoms with Gasteiger partial charge in [0.25, 0.3) is 0 Å². The molecule has 2 N–H and O–H groups in total. The van der Waals surface area contributed by atoms with Crippen molar-refractivity contribution in [2.45, 2.75) is 45.5 Å². The molecule has 1 aliphatic rings. The van der Waals surface area contributed by atoms with Crippen LogP contribution < -0.4 is 5.32 Å². The Morgan fingerprint density at radius 2 is 2.05 bits per heavy atom. The van der Waals surface area contributed by atoms with Gasteiger partial charge in [0.1, 0.15) is 5.82 Å². The highest BCUT2D eigenvalue weighted by atomic mass is 19.4. The number of nitrogens with zero attached hydrogens (tertiary/aromatic N) is 2. The van der Waals surface area contributed by atoms with Gasteiger partial charge < -0.3 is 10.4 Å². The number of fused-ring (bicyclic) bond motifs is 1. The standard InChI is InChI=1S/C12H16F3N3O2/c1-11(2,3)7-5-8(12(13,14)15)18-9(16-7)4-6(17-18)10(19)20/h4,7-8,16H,5H2,1-3H3,(H,19,20)/t7-,8-/m0/s1. The van der Waals surface area contributed by atoms with Gasteiger partial charge in [-0.05, 0) is 11.8 Å². The molecule has 1 aromatic heterocycles. The van der Waals surface area contributed by atoms with E-state index in [-0.39, 0.29) is 17.7 Å². The molecule has 2 atom stereocenters. The van der Waals surface area contributed by atoms with E-state index in [1.165, 1.54) is 0 Å². The summed E-state index contributed by atoms with van der Waals surface area (Å²) in [5, 5.41) is 15.4. The molecular formula is C12H16F3N3O2. The average molecular weight is 291 g/mol. The third-order valence-electron chi connectivity index (χ3n) is 3.45. The minimum atomic E-state index is -4.47. The van der Waals surface area contributed by atoms with Crippen molar-refractivity contribution < 1.29 is 23.1 Å². The first kappa shape index (κ1) is 14.7. The van der Waals surface area contributed by atoms with E-state index in [1.807, 2.05) is 20.8 Å². The maximum Gasteiger partial charge on any atom is 0.410 e. The molecule has 0 spiro atoms. The zero-order chi connectivity index (χ0) is 15.3. The molecule has 0 aromatic carbocycles. The Kier molecular flexibility index (Phi) is 3.22. The third kappa shape index (κ3) is 2.59. The van der Waals surface area contributed by atoms with Crippen LogP contribution in [0.4, 0.5) is 19.0 Å². The fraction of sp³-hybridized carbons (Fsp3) is 0.667. The normalized spacial score (nSPS) is 23.1. The van der Waals surface area contributed by atoms with Crippen molar-refractivity contribution >= 4 is 11.8 Å². The highest BCUT2D eigenvalue weighted by Crippen LogP contribution is 2.42. The summed E-state index contributed by atoms with van der Waals surface area (Å²) in [5.41, 5.74) is -0.779.